The van der Waals surface area contributed by atoms with Gasteiger partial charge in [0.05, 0.1) is 17.6 Å². The third-order valence-corrected chi connectivity index (χ3v) is 3.15. The molecule has 0 amide bonds. The summed E-state index contributed by atoms with van der Waals surface area (Å²) in [5.41, 5.74) is -2.35. The molecule has 0 heterocycles. The molecule has 0 aromatic carbocycles. The van der Waals surface area contributed by atoms with E-state index in [1.54, 1.807) is 0 Å². The molecule has 2 atom stereocenters. The van der Waals surface area contributed by atoms with Gasteiger partial charge in [0.15, 0.2) is 0 Å². The fourth-order valence-corrected chi connectivity index (χ4v) is 2.31. The van der Waals surface area contributed by atoms with Gasteiger partial charge in [-0.2, -0.15) is 26.3 Å². The zero-order chi connectivity index (χ0) is 15.7. The second kappa shape index (κ2) is 5.81. The number of halogens is 7. The van der Waals surface area contributed by atoms with Crippen LogP contribution in [0.4, 0.5) is 26.3 Å². The van der Waals surface area contributed by atoms with Crippen LogP contribution >= 0.6 is 11.6 Å². The van der Waals surface area contributed by atoms with Crippen molar-refractivity contribution in [2.45, 2.75) is 24.9 Å². The second-order valence-electron chi connectivity index (χ2n) is 4.13. The van der Waals surface area contributed by atoms with E-state index in [1.807, 2.05) is 0 Å². The molecule has 0 radical (unpaired) electrons. The predicted octanol–water partition coefficient (Wildman–Crippen LogP) is 4.75. The molecule has 8 heteroatoms. The number of rotatable bonds is 2. The highest BCUT2D eigenvalue weighted by molar-refractivity contribution is 6.29. The fraction of sp³-hybridized carbons (Fsp3) is 0.500. The normalized spacial score (nSPS) is 27.1. The Morgan fingerprint density at radius 3 is 2.25 bits per heavy atom. The molecular weight excluding hydrogens is 310 g/mol. The number of methoxy groups -OCH3 is 1. The number of ether oxygens (including phenoxy) is 1. The summed E-state index contributed by atoms with van der Waals surface area (Å²) in [5, 5.41) is -0.187. The molecule has 1 aliphatic rings. The number of hydrogen-bond donors (Lipinski definition) is 0. The summed E-state index contributed by atoms with van der Waals surface area (Å²) in [4.78, 5) is 0. The molecule has 1 nitrogen and oxygen atoms in total. The summed E-state index contributed by atoms with van der Waals surface area (Å²) in [5.74, 6) is -2.44. The molecule has 114 valence electrons. The average Bonchev–Trinajstić information content (AvgIpc) is 2.28. The van der Waals surface area contributed by atoms with E-state index < -0.39 is 35.5 Å². The maximum Gasteiger partial charge on any atom is 0.416 e. The van der Waals surface area contributed by atoms with Gasteiger partial charge >= 0.3 is 12.4 Å². The van der Waals surface area contributed by atoms with Gasteiger partial charge in [-0.25, -0.2) is 0 Å². The largest absolute Gasteiger partial charge is 0.416 e. The minimum absolute atomic E-state index is 0.187. The van der Waals surface area contributed by atoms with Crippen LogP contribution in [0, 0.1) is 5.92 Å². The molecule has 0 fully saturated rings. The Bertz CT molecular complexity index is 446. The van der Waals surface area contributed by atoms with E-state index in [4.69, 9.17) is 16.3 Å². The van der Waals surface area contributed by atoms with Crippen molar-refractivity contribution in [1.29, 1.82) is 0 Å². The standard InChI is InChI=1S/C12H11ClF6O/c1-3-7(11(14,15)16)10-8(12(17,18)19)4-6(13)5-9(10)20-2/h3-4,8-9H,1,5H2,2H3/b10-7+/t8?,9-/m0/s1. The van der Waals surface area contributed by atoms with Crippen molar-refractivity contribution < 1.29 is 31.1 Å². The summed E-state index contributed by atoms with van der Waals surface area (Å²) in [7, 11) is 1.03. The molecular formula is C12H11ClF6O. The molecule has 0 aromatic rings. The first kappa shape index (κ1) is 17.1. The van der Waals surface area contributed by atoms with Crippen molar-refractivity contribution in [3.63, 3.8) is 0 Å². The lowest BCUT2D eigenvalue weighted by Gasteiger charge is -2.32. The summed E-state index contributed by atoms with van der Waals surface area (Å²) < 4.78 is 82.2. The van der Waals surface area contributed by atoms with Crippen LogP contribution in [0.3, 0.4) is 0 Å². The van der Waals surface area contributed by atoms with E-state index in [2.05, 4.69) is 6.58 Å². The Hall–Kier alpha value is -0.950. The van der Waals surface area contributed by atoms with Crippen LogP contribution in [0.15, 0.2) is 34.9 Å². The van der Waals surface area contributed by atoms with Crippen molar-refractivity contribution >= 4 is 11.6 Å². The third-order valence-electron chi connectivity index (χ3n) is 2.87. The lowest BCUT2D eigenvalue weighted by molar-refractivity contribution is -0.158. The Morgan fingerprint density at radius 1 is 1.35 bits per heavy atom. The van der Waals surface area contributed by atoms with Crippen molar-refractivity contribution in [2.24, 2.45) is 5.92 Å². The maximum atomic E-state index is 13.0. The van der Waals surface area contributed by atoms with Gasteiger partial charge in [-0.3, -0.25) is 0 Å². The van der Waals surface area contributed by atoms with Crippen LogP contribution in [0.5, 0.6) is 0 Å². The minimum atomic E-state index is -4.95. The van der Waals surface area contributed by atoms with Gasteiger partial charge in [0, 0.05) is 18.6 Å². The Balaban J connectivity index is 3.56. The van der Waals surface area contributed by atoms with E-state index in [0.717, 1.165) is 7.11 Å². The van der Waals surface area contributed by atoms with Crippen LogP contribution in [0.2, 0.25) is 0 Å². The van der Waals surface area contributed by atoms with Crippen LogP contribution in [-0.4, -0.2) is 25.6 Å². The van der Waals surface area contributed by atoms with Crippen LogP contribution in [0.25, 0.3) is 0 Å². The molecule has 0 spiro atoms. The van der Waals surface area contributed by atoms with E-state index in [0.29, 0.717) is 12.2 Å². The van der Waals surface area contributed by atoms with Crippen molar-refractivity contribution in [1.82, 2.24) is 0 Å². The summed E-state index contributed by atoms with van der Waals surface area (Å²) in [6, 6.07) is 0. The van der Waals surface area contributed by atoms with E-state index >= 15 is 0 Å². The van der Waals surface area contributed by atoms with Gasteiger partial charge < -0.3 is 4.74 Å². The molecule has 1 aliphatic carbocycles. The Morgan fingerprint density at radius 2 is 1.90 bits per heavy atom. The number of alkyl halides is 6. The molecule has 0 saturated heterocycles. The van der Waals surface area contributed by atoms with Crippen LogP contribution in [-0.2, 0) is 4.74 Å². The molecule has 1 rings (SSSR count). The van der Waals surface area contributed by atoms with E-state index in [-0.39, 0.29) is 11.5 Å². The number of allylic oxidation sites excluding steroid dienone is 3. The van der Waals surface area contributed by atoms with Gasteiger partial charge in [0.2, 0.25) is 0 Å². The molecule has 0 bridgehead atoms. The predicted molar refractivity (Wildman–Crippen MR) is 62.2 cm³/mol. The molecule has 0 saturated carbocycles. The monoisotopic (exact) mass is 320 g/mol. The van der Waals surface area contributed by atoms with Gasteiger partial charge in [-0.15, -0.1) is 0 Å². The van der Waals surface area contributed by atoms with Crippen LogP contribution in [0.1, 0.15) is 6.42 Å². The van der Waals surface area contributed by atoms with E-state index in [9.17, 15) is 26.3 Å². The molecule has 0 N–H and O–H groups in total. The Kier molecular flexibility index (Phi) is 4.97. The second-order valence-corrected chi connectivity index (χ2v) is 4.62. The zero-order valence-electron chi connectivity index (χ0n) is 10.3. The SMILES string of the molecule is C=C/C(=C1/C(C(F)(F)F)C=C(Cl)C[C@@H]1OC)C(F)(F)F. The highest BCUT2D eigenvalue weighted by Gasteiger charge is 2.49. The molecule has 1 unspecified atom stereocenters. The minimum Gasteiger partial charge on any atom is -0.377 e. The summed E-state index contributed by atoms with van der Waals surface area (Å²) in [6.07, 6.45) is -10.5. The lowest BCUT2D eigenvalue weighted by atomic mass is 9.83. The van der Waals surface area contributed by atoms with Crippen molar-refractivity contribution in [3.8, 4) is 0 Å². The van der Waals surface area contributed by atoms with Crippen LogP contribution < -0.4 is 0 Å². The van der Waals surface area contributed by atoms with Crippen molar-refractivity contribution in [2.75, 3.05) is 7.11 Å². The lowest BCUT2D eigenvalue weighted by Crippen LogP contribution is -2.36. The first-order valence-electron chi connectivity index (χ1n) is 5.41. The highest BCUT2D eigenvalue weighted by atomic mass is 35.5. The topological polar surface area (TPSA) is 9.23 Å². The maximum absolute atomic E-state index is 13.0. The number of hydrogen-bond acceptors (Lipinski definition) is 1. The highest BCUT2D eigenvalue weighted by Crippen LogP contribution is 2.45. The Labute approximate surface area is 116 Å². The average molecular weight is 321 g/mol. The fourth-order valence-electron chi connectivity index (χ4n) is 2.05. The smallest absolute Gasteiger partial charge is 0.377 e. The van der Waals surface area contributed by atoms with E-state index in [1.165, 1.54) is 0 Å². The summed E-state index contributed by atoms with van der Waals surface area (Å²) in [6.45, 7) is 2.95. The van der Waals surface area contributed by atoms with Gasteiger partial charge in [0.1, 0.15) is 0 Å². The molecule has 0 aromatic heterocycles. The molecule has 0 aliphatic heterocycles. The quantitative estimate of drug-likeness (QED) is 0.667. The van der Waals surface area contributed by atoms with Gasteiger partial charge in [-0.05, 0) is 5.57 Å². The first-order valence-corrected chi connectivity index (χ1v) is 5.79. The van der Waals surface area contributed by atoms with Gasteiger partial charge in [0.25, 0.3) is 0 Å². The van der Waals surface area contributed by atoms with Gasteiger partial charge in [-0.1, -0.05) is 30.3 Å². The zero-order valence-corrected chi connectivity index (χ0v) is 11.0. The molecule has 20 heavy (non-hydrogen) atoms. The van der Waals surface area contributed by atoms with Crippen molar-refractivity contribution in [3.05, 3.63) is 34.9 Å². The third kappa shape index (κ3) is 3.58. The summed E-state index contributed by atoms with van der Waals surface area (Å²) >= 11 is 5.57. The first-order chi connectivity index (χ1) is 9.02.